The molecule has 0 bridgehead atoms. The first kappa shape index (κ1) is 21.2. The number of hydrogen-bond donors (Lipinski definition) is 1. The lowest BCUT2D eigenvalue weighted by molar-refractivity contribution is -0.885. The summed E-state index contributed by atoms with van der Waals surface area (Å²) in [5.74, 6) is -0.748. The maximum atomic E-state index is 12.9. The Labute approximate surface area is 157 Å². The summed E-state index contributed by atoms with van der Waals surface area (Å²) < 4.78 is 44.4. The van der Waals surface area contributed by atoms with Crippen LogP contribution in [-0.4, -0.2) is 56.2 Å². The van der Waals surface area contributed by atoms with Crippen molar-refractivity contribution >= 4 is 11.9 Å². The maximum Gasteiger partial charge on any atom is 0.416 e. The minimum absolute atomic E-state index is 0.115. The van der Waals surface area contributed by atoms with Gasteiger partial charge in [0.25, 0.3) is 11.9 Å². The van der Waals surface area contributed by atoms with E-state index < -0.39 is 17.6 Å². The van der Waals surface area contributed by atoms with Crippen LogP contribution in [0.15, 0.2) is 29.3 Å². The van der Waals surface area contributed by atoms with Gasteiger partial charge in [0.2, 0.25) is 0 Å². The Bertz CT molecular complexity index is 681. The molecule has 1 aromatic rings. The number of amides is 1. The van der Waals surface area contributed by atoms with Gasteiger partial charge in [-0.15, -0.1) is 0 Å². The van der Waals surface area contributed by atoms with E-state index in [0.717, 1.165) is 38.1 Å². The molecular formula is C19H27F3N3O2+. The van der Waals surface area contributed by atoms with Crippen molar-refractivity contribution < 1.29 is 27.6 Å². The van der Waals surface area contributed by atoms with Gasteiger partial charge in [0.05, 0.1) is 31.8 Å². The van der Waals surface area contributed by atoms with Gasteiger partial charge >= 0.3 is 6.18 Å². The number of rotatable bonds is 3. The summed E-state index contributed by atoms with van der Waals surface area (Å²) in [7, 11) is 3.94. The van der Waals surface area contributed by atoms with Crippen LogP contribution >= 0.6 is 0 Å². The molecule has 0 radical (unpaired) electrons. The molecule has 1 saturated heterocycles. The molecule has 0 aliphatic carbocycles. The van der Waals surface area contributed by atoms with E-state index in [0.29, 0.717) is 0 Å². The number of aliphatic imine (C=N–C) groups is 1. The number of carbonyl (C=O) groups excluding carboxylic acids is 1. The highest BCUT2D eigenvalue weighted by atomic mass is 19.4. The van der Waals surface area contributed by atoms with Gasteiger partial charge in [-0.05, 0) is 32.0 Å². The number of carbonyl (C=O) groups is 1. The third kappa shape index (κ3) is 5.95. The Morgan fingerprint density at radius 1 is 1.30 bits per heavy atom. The van der Waals surface area contributed by atoms with Gasteiger partial charge in [0.15, 0.2) is 0 Å². The molecule has 0 aromatic heterocycles. The van der Waals surface area contributed by atoms with Crippen LogP contribution in [0.4, 0.5) is 13.2 Å². The first-order valence-electron chi connectivity index (χ1n) is 9.09. The summed E-state index contributed by atoms with van der Waals surface area (Å²) in [5, 5.41) is 0. The highest BCUT2D eigenvalue weighted by Gasteiger charge is 2.31. The third-order valence-corrected chi connectivity index (χ3v) is 4.63. The second-order valence-electron chi connectivity index (χ2n) is 7.24. The zero-order valence-electron chi connectivity index (χ0n) is 16.1. The van der Waals surface area contributed by atoms with Crippen LogP contribution in [0.25, 0.3) is 0 Å². The number of alkyl halides is 3. The Morgan fingerprint density at radius 2 is 1.93 bits per heavy atom. The molecule has 27 heavy (non-hydrogen) atoms. The van der Waals surface area contributed by atoms with E-state index in [9.17, 15) is 18.0 Å². The zero-order valence-corrected chi connectivity index (χ0v) is 16.1. The van der Waals surface area contributed by atoms with Crippen molar-refractivity contribution in [2.24, 2.45) is 4.99 Å². The van der Waals surface area contributed by atoms with Crippen LogP contribution in [0.3, 0.4) is 0 Å². The molecule has 150 valence electrons. The molecule has 1 aromatic carbocycles. The van der Waals surface area contributed by atoms with Crippen molar-refractivity contribution in [3.63, 3.8) is 0 Å². The highest BCUT2D eigenvalue weighted by molar-refractivity contribution is 6.01. The van der Waals surface area contributed by atoms with Gasteiger partial charge in [0.1, 0.15) is 0 Å². The number of quaternary nitrogens is 1. The largest absolute Gasteiger partial charge is 0.462 e. The fraction of sp³-hybridized carbons (Fsp3) is 0.579. The predicted octanol–water partition coefficient (Wildman–Crippen LogP) is 2.24. The lowest BCUT2D eigenvalue weighted by Gasteiger charge is -2.34. The zero-order chi connectivity index (χ0) is 20.2. The molecule has 1 amide bonds. The predicted molar refractivity (Wildman–Crippen MR) is 96.8 cm³/mol. The van der Waals surface area contributed by atoms with E-state index in [-0.39, 0.29) is 23.7 Å². The van der Waals surface area contributed by atoms with Crippen LogP contribution in [0.2, 0.25) is 0 Å². The normalized spacial score (nSPS) is 21.3. The van der Waals surface area contributed by atoms with Crippen molar-refractivity contribution in [1.29, 1.82) is 0 Å². The minimum atomic E-state index is -4.51. The van der Waals surface area contributed by atoms with E-state index in [1.807, 2.05) is 25.8 Å². The van der Waals surface area contributed by atoms with Crippen molar-refractivity contribution in [3.8, 4) is 0 Å². The number of benzene rings is 1. The van der Waals surface area contributed by atoms with Crippen molar-refractivity contribution in [1.82, 2.24) is 4.90 Å². The fourth-order valence-electron chi connectivity index (χ4n) is 3.02. The number of halogens is 3. The minimum Gasteiger partial charge on any atom is -0.462 e. The molecule has 1 aliphatic rings. The van der Waals surface area contributed by atoms with Gasteiger partial charge < -0.3 is 14.5 Å². The summed E-state index contributed by atoms with van der Waals surface area (Å²) in [4.78, 5) is 19.8. The Kier molecular flexibility index (Phi) is 6.86. The molecule has 8 heteroatoms. The SMILES string of the molecule is CC(C)OC(=NC(=O)c1cccc(C(F)(F)F)c1)N(C)C1CC[NH+](C)CC1. The van der Waals surface area contributed by atoms with Crippen LogP contribution in [0.5, 0.6) is 0 Å². The van der Waals surface area contributed by atoms with Gasteiger partial charge in [-0.3, -0.25) is 4.79 Å². The van der Waals surface area contributed by atoms with Gasteiger partial charge in [-0.2, -0.15) is 18.2 Å². The third-order valence-electron chi connectivity index (χ3n) is 4.63. The Morgan fingerprint density at radius 3 is 2.48 bits per heavy atom. The monoisotopic (exact) mass is 386 g/mol. The lowest BCUT2D eigenvalue weighted by Crippen LogP contribution is -3.10. The van der Waals surface area contributed by atoms with Crippen LogP contribution in [0, 0.1) is 0 Å². The van der Waals surface area contributed by atoms with E-state index in [1.54, 1.807) is 0 Å². The first-order chi connectivity index (χ1) is 12.6. The van der Waals surface area contributed by atoms with Gasteiger partial charge in [0, 0.05) is 31.5 Å². The number of nitrogens with zero attached hydrogens (tertiary/aromatic N) is 2. The Balaban J connectivity index is 2.24. The van der Waals surface area contributed by atoms with Crippen LogP contribution in [0.1, 0.15) is 42.6 Å². The second-order valence-corrected chi connectivity index (χ2v) is 7.24. The lowest BCUT2D eigenvalue weighted by atomic mass is 10.0. The van der Waals surface area contributed by atoms with Gasteiger partial charge in [-0.1, -0.05) is 6.07 Å². The molecule has 1 fully saturated rings. The quantitative estimate of drug-likeness (QED) is 0.640. The van der Waals surface area contributed by atoms with E-state index in [4.69, 9.17) is 4.74 Å². The number of nitrogens with one attached hydrogen (secondary N) is 1. The average Bonchev–Trinajstić information content (AvgIpc) is 2.60. The Hall–Kier alpha value is -2.09. The molecule has 0 atom stereocenters. The first-order valence-corrected chi connectivity index (χ1v) is 9.09. The fourth-order valence-corrected chi connectivity index (χ4v) is 3.02. The van der Waals surface area contributed by atoms with Gasteiger partial charge in [-0.25, -0.2) is 0 Å². The van der Waals surface area contributed by atoms with E-state index in [2.05, 4.69) is 12.0 Å². The molecule has 0 saturated carbocycles. The summed E-state index contributed by atoms with van der Waals surface area (Å²) >= 11 is 0. The van der Waals surface area contributed by atoms with Crippen molar-refractivity contribution in [3.05, 3.63) is 35.4 Å². The number of piperidine rings is 1. The molecule has 5 nitrogen and oxygen atoms in total. The van der Waals surface area contributed by atoms with Crippen molar-refractivity contribution in [2.45, 2.75) is 45.0 Å². The number of hydrogen-bond acceptors (Lipinski definition) is 2. The smallest absolute Gasteiger partial charge is 0.416 e. The highest BCUT2D eigenvalue weighted by Crippen LogP contribution is 2.29. The summed E-state index contributed by atoms with van der Waals surface area (Å²) in [5.41, 5.74) is -0.988. The summed E-state index contributed by atoms with van der Waals surface area (Å²) in [6.07, 6.45) is -2.86. The topological polar surface area (TPSA) is 46.3 Å². The van der Waals surface area contributed by atoms with Crippen molar-refractivity contribution in [2.75, 3.05) is 27.2 Å². The summed E-state index contributed by atoms with van der Waals surface area (Å²) in [6, 6.07) is 4.61. The van der Waals surface area contributed by atoms with Crippen LogP contribution < -0.4 is 4.90 Å². The molecule has 1 aliphatic heterocycles. The number of likely N-dealkylation sites (tertiary alicyclic amines) is 1. The molecule has 0 unspecified atom stereocenters. The van der Waals surface area contributed by atoms with E-state index in [1.165, 1.54) is 17.0 Å². The molecular weight excluding hydrogens is 359 g/mol. The average molecular weight is 386 g/mol. The molecule has 2 rings (SSSR count). The molecule has 1 N–H and O–H groups in total. The summed E-state index contributed by atoms with van der Waals surface area (Å²) in [6.45, 7) is 5.64. The standard InChI is InChI=1S/C19H26F3N3O2/c1-13(2)27-18(25(4)16-8-10-24(3)11-9-16)23-17(26)14-6-5-7-15(12-14)19(20,21)22/h5-7,12-13,16H,8-11H2,1-4H3/p+1. The number of amidine groups is 1. The van der Waals surface area contributed by atoms with E-state index >= 15 is 0 Å². The molecule has 0 spiro atoms. The second kappa shape index (κ2) is 8.73. The number of ether oxygens (including phenoxy) is 1. The maximum absolute atomic E-state index is 12.9. The van der Waals surface area contributed by atoms with Crippen LogP contribution in [-0.2, 0) is 10.9 Å². The molecule has 1 heterocycles.